The topological polar surface area (TPSA) is 63.7 Å². The molecule has 5 heteroatoms. The predicted octanol–water partition coefficient (Wildman–Crippen LogP) is 4.48. The van der Waals surface area contributed by atoms with Crippen LogP contribution in [0.2, 0.25) is 0 Å². The van der Waals surface area contributed by atoms with Crippen LogP contribution in [0.1, 0.15) is 38.0 Å². The van der Waals surface area contributed by atoms with Crippen LogP contribution < -0.4 is 9.64 Å². The van der Waals surface area contributed by atoms with E-state index in [2.05, 4.69) is 0 Å². The van der Waals surface area contributed by atoms with Gasteiger partial charge in [-0.1, -0.05) is 18.2 Å². The monoisotopic (exact) mass is 357 g/mol. The van der Waals surface area contributed by atoms with E-state index in [1.807, 2.05) is 30.3 Å². The number of ether oxygens (including phenoxy) is 1. The fourth-order valence-corrected chi connectivity index (χ4v) is 2.99. The predicted molar refractivity (Wildman–Crippen MR) is 101 cm³/mol. The van der Waals surface area contributed by atoms with Gasteiger partial charge in [-0.25, -0.2) is 4.90 Å². The molecule has 3 aromatic rings. The Morgan fingerprint density at radius 1 is 0.778 bits per heavy atom. The minimum absolute atomic E-state index is 0.0772. The van der Waals surface area contributed by atoms with Crippen LogP contribution in [0, 0.1) is 0 Å². The summed E-state index contributed by atoms with van der Waals surface area (Å²) in [5.74, 6) is 0.244. The zero-order chi connectivity index (χ0) is 19.0. The molecule has 0 unspecified atom stereocenters. The Morgan fingerprint density at radius 2 is 1.44 bits per heavy atom. The van der Waals surface area contributed by atoms with Gasteiger partial charge in [-0.05, 0) is 61.5 Å². The number of nitrogens with zero attached hydrogens (tertiary/aromatic N) is 1. The lowest BCUT2D eigenvalue weighted by Crippen LogP contribution is -2.29. The standard InChI is InChI=1S/C22H15NO4/c1-14(24)15-7-9-16(10-8-15)23-21(25)19-12-11-18(13-20(19)22(23)26)27-17-5-3-2-4-6-17/h2-13H,1H3. The SMILES string of the molecule is CC(=O)c1ccc(N2C(=O)c3ccc(Oc4ccccc4)cc3C2=O)cc1. The van der Waals surface area contributed by atoms with Crippen molar-refractivity contribution >= 4 is 23.3 Å². The second-order valence-corrected chi connectivity index (χ2v) is 6.17. The van der Waals surface area contributed by atoms with Crippen LogP contribution in [0.3, 0.4) is 0 Å². The molecular formula is C22H15NO4. The van der Waals surface area contributed by atoms with Crippen LogP contribution >= 0.6 is 0 Å². The molecule has 0 atom stereocenters. The van der Waals surface area contributed by atoms with Gasteiger partial charge < -0.3 is 4.74 Å². The quantitative estimate of drug-likeness (QED) is 0.510. The van der Waals surface area contributed by atoms with Crippen molar-refractivity contribution in [3.05, 3.63) is 89.5 Å². The van der Waals surface area contributed by atoms with E-state index in [1.54, 1.807) is 42.5 Å². The number of hydrogen-bond donors (Lipinski definition) is 0. The largest absolute Gasteiger partial charge is 0.457 e. The zero-order valence-electron chi connectivity index (χ0n) is 14.5. The first-order valence-electron chi connectivity index (χ1n) is 8.41. The Hall–Kier alpha value is -3.73. The molecule has 0 radical (unpaired) electrons. The Kier molecular flexibility index (Phi) is 4.05. The maximum atomic E-state index is 12.8. The van der Waals surface area contributed by atoms with Crippen molar-refractivity contribution < 1.29 is 19.1 Å². The second-order valence-electron chi connectivity index (χ2n) is 6.17. The average molecular weight is 357 g/mol. The minimum atomic E-state index is -0.413. The lowest BCUT2D eigenvalue weighted by molar-refractivity contribution is 0.0925. The van der Waals surface area contributed by atoms with E-state index in [0.717, 1.165) is 4.90 Å². The molecule has 0 N–H and O–H groups in total. The van der Waals surface area contributed by atoms with Crippen molar-refractivity contribution in [3.8, 4) is 11.5 Å². The normalized spacial score (nSPS) is 12.9. The van der Waals surface area contributed by atoms with E-state index in [0.29, 0.717) is 33.9 Å². The Morgan fingerprint density at radius 3 is 2.11 bits per heavy atom. The summed E-state index contributed by atoms with van der Waals surface area (Å²) in [5, 5.41) is 0. The number of carbonyl (C=O) groups excluding carboxylic acids is 3. The maximum absolute atomic E-state index is 12.8. The van der Waals surface area contributed by atoms with Gasteiger partial charge in [-0.3, -0.25) is 14.4 Å². The van der Waals surface area contributed by atoms with Crippen molar-refractivity contribution in [2.75, 3.05) is 4.90 Å². The summed E-state index contributed by atoms with van der Waals surface area (Å²) in [5.41, 5.74) is 1.57. The van der Waals surface area contributed by atoms with Gasteiger partial charge in [0.15, 0.2) is 5.78 Å². The number of anilines is 1. The number of hydrogen-bond acceptors (Lipinski definition) is 4. The van der Waals surface area contributed by atoms with Gasteiger partial charge in [-0.15, -0.1) is 0 Å². The molecular weight excluding hydrogens is 342 g/mol. The van der Waals surface area contributed by atoms with Crippen LogP contribution in [0.25, 0.3) is 0 Å². The first-order chi connectivity index (χ1) is 13.0. The highest BCUT2D eigenvalue weighted by Gasteiger charge is 2.37. The molecule has 0 saturated heterocycles. The third kappa shape index (κ3) is 3.00. The molecule has 1 aliphatic heterocycles. The Balaban J connectivity index is 1.65. The zero-order valence-corrected chi connectivity index (χ0v) is 14.5. The Bertz CT molecular complexity index is 1060. The maximum Gasteiger partial charge on any atom is 0.266 e. The number of benzene rings is 3. The number of fused-ring (bicyclic) bond motifs is 1. The number of ketones is 1. The van der Waals surface area contributed by atoms with Gasteiger partial charge in [0.05, 0.1) is 16.8 Å². The number of carbonyl (C=O) groups is 3. The second kappa shape index (κ2) is 6.53. The summed E-state index contributed by atoms with van der Waals surface area (Å²) >= 11 is 0. The number of imide groups is 1. The van der Waals surface area contributed by atoms with Gasteiger partial charge in [0.25, 0.3) is 11.8 Å². The number of rotatable bonds is 4. The lowest BCUT2D eigenvalue weighted by Gasteiger charge is -2.13. The van der Waals surface area contributed by atoms with Crippen molar-refractivity contribution in [2.45, 2.75) is 6.92 Å². The molecule has 4 rings (SSSR count). The van der Waals surface area contributed by atoms with E-state index in [9.17, 15) is 14.4 Å². The summed E-state index contributed by atoms with van der Waals surface area (Å²) in [6, 6.07) is 20.4. The van der Waals surface area contributed by atoms with Crippen LogP contribution in [-0.4, -0.2) is 17.6 Å². The molecule has 0 bridgehead atoms. The summed E-state index contributed by atoms with van der Waals surface area (Å²) in [6.45, 7) is 1.46. The number of para-hydroxylation sites is 1. The first-order valence-corrected chi connectivity index (χ1v) is 8.41. The van der Waals surface area contributed by atoms with Crippen LogP contribution in [0.5, 0.6) is 11.5 Å². The molecule has 132 valence electrons. The van der Waals surface area contributed by atoms with Gasteiger partial charge in [0.1, 0.15) is 11.5 Å². The molecule has 0 fully saturated rings. The fourth-order valence-electron chi connectivity index (χ4n) is 2.99. The van der Waals surface area contributed by atoms with E-state index >= 15 is 0 Å². The van der Waals surface area contributed by atoms with E-state index in [1.165, 1.54) is 6.92 Å². The third-order valence-electron chi connectivity index (χ3n) is 4.37. The van der Waals surface area contributed by atoms with Gasteiger partial charge in [0.2, 0.25) is 0 Å². The Labute approximate surface area is 155 Å². The molecule has 5 nitrogen and oxygen atoms in total. The number of amides is 2. The summed E-state index contributed by atoms with van der Waals surface area (Å²) in [4.78, 5) is 38.0. The van der Waals surface area contributed by atoms with Crippen LogP contribution in [0.15, 0.2) is 72.8 Å². The highest BCUT2D eigenvalue weighted by molar-refractivity contribution is 6.34. The molecule has 0 aliphatic carbocycles. The first kappa shape index (κ1) is 16.7. The van der Waals surface area contributed by atoms with Crippen molar-refractivity contribution in [3.63, 3.8) is 0 Å². The number of Topliss-reactive ketones (excluding diaryl/α,β-unsaturated/α-hetero) is 1. The fraction of sp³-hybridized carbons (Fsp3) is 0.0455. The van der Waals surface area contributed by atoms with E-state index in [4.69, 9.17) is 4.74 Å². The molecule has 1 aliphatic rings. The average Bonchev–Trinajstić information content (AvgIpc) is 2.93. The van der Waals surface area contributed by atoms with E-state index in [-0.39, 0.29) is 5.78 Å². The van der Waals surface area contributed by atoms with Crippen molar-refractivity contribution in [1.82, 2.24) is 0 Å². The van der Waals surface area contributed by atoms with Gasteiger partial charge in [0, 0.05) is 5.56 Å². The minimum Gasteiger partial charge on any atom is -0.457 e. The molecule has 2 amide bonds. The van der Waals surface area contributed by atoms with Gasteiger partial charge >= 0.3 is 0 Å². The highest BCUT2D eigenvalue weighted by Crippen LogP contribution is 2.32. The third-order valence-corrected chi connectivity index (χ3v) is 4.37. The van der Waals surface area contributed by atoms with Gasteiger partial charge in [-0.2, -0.15) is 0 Å². The summed E-state index contributed by atoms with van der Waals surface area (Å²) in [6.07, 6.45) is 0. The molecule has 0 aromatic heterocycles. The molecule has 0 saturated carbocycles. The summed E-state index contributed by atoms with van der Waals surface area (Å²) < 4.78 is 5.75. The highest BCUT2D eigenvalue weighted by atomic mass is 16.5. The van der Waals surface area contributed by atoms with Crippen molar-refractivity contribution in [2.24, 2.45) is 0 Å². The molecule has 0 spiro atoms. The molecule has 3 aromatic carbocycles. The smallest absolute Gasteiger partial charge is 0.266 e. The van der Waals surface area contributed by atoms with E-state index < -0.39 is 11.8 Å². The van der Waals surface area contributed by atoms with Crippen LogP contribution in [-0.2, 0) is 0 Å². The molecule has 27 heavy (non-hydrogen) atoms. The lowest BCUT2D eigenvalue weighted by atomic mass is 10.1. The van der Waals surface area contributed by atoms with Crippen molar-refractivity contribution in [1.29, 1.82) is 0 Å². The van der Waals surface area contributed by atoms with Crippen LogP contribution in [0.4, 0.5) is 5.69 Å². The summed E-state index contributed by atoms with van der Waals surface area (Å²) in [7, 11) is 0. The molecule has 1 heterocycles.